The predicted octanol–water partition coefficient (Wildman–Crippen LogP) is 6.32. The number of thiophene rings is 1. The summed E-state index contributed by atoms with van der Waals surface area (Å²) < 4.78 is 0. The molecule has 3 aromatic carbocycles. The van der Waals surface area contributed by atoms with Crippen LogP contribution in [0.15, 0.2) is 84.9 Å². The molecule has 0 saturated carbocycles. The van der Waals surface area contributed by atoms with Crippen LogP contribution in [-0.4, -0.2) is 10.9 Å². The Balaban J connectivity index is 1.68. The average Bonchev–Trinajstić information content (AvgIpc) is 3.09. The first kappa shape index (κ1) is 18.3. The summed E-state index contributed by atoms with van der Waals surface area (Å²) in [7, 11) is 0. The van der Waals surface area contributed by atoms with Crippen molar-refractivity contribution in [2.24, 2.45) is 0 Å². The number of amides is 1. The van der Waals surface area contributed by atoms with Crippen LogP contribution in [0.1, 0.15) is 15.2 Å². The second kappa shape index (κ2) is 7.28. The Morgan fingerprint density at radius 2 is 1.53 bits per heavy atom. The van der Waals surface area contributed by atoms with Gasteiger partial charge in [-0.1, -0.05) is 48.0 Å². The molecule has 0 bridgehead atoms. The van der Waals surface area contributed by atoms with Crippen LogP contribution in [0.3, 0.4) is 0 Å². The van der Waals surface area contributed by atoms with Crippen LogP contribution in [-0.2, 0) is 0 Å². The molecule has 5 heteroatoms. The molecule has 0 aliphatic carbocycles. The molecule has 30 heavy (non-hydrogen) atoms. The fourth-order valence-electron chi connectivity index (χ4n) is 3.62. The van der Waals surface area contributed by atoms with Crippen molar-refractivity contribution in [2.75, 3.05) is 10.6 Å². The number of fused-ring (bicyclic) bond motifs is 2. The first-order valence-electron chi connectivity index (χ1n) is 9.66. The van der Waals surface area contributed by atoms with Gasteiger partial charge in [-0.3, -0.25) is 9.69 Å². The number of nitrogens with two attached hydrogens (primary N) is 1. The molecule has 5 aromatic rings. The van der Waals surface area contributed by atoms with Gasteiger partial charge in [-0.05, 0) is 49.4 Å². The molecular formula is C25H19N3OS. The number of para-hydroxylation sites is 2. The summed E-state index contributed by atoms with van der Waals surface area (Å²) in [4.78, 5) is 21.4. The van der Waals surface area contributed by atoms with E-state index in [0.717, 1.165) is 38.1 Å². The monoisotopic (exact) mass is 409 g/mol. The molecule has 1 amide bonds. The number of carbonyl (C=O) groups is 1. The number of rotatable bonds is 3. The maximum Gasteiger partial charge on any atom is 0.275 e. The second-order valence-corrected chi connectivity index (χ2v) is 8.19. The fraction of sp³-hybridized carbons (Fsp3) is 0.0400. The van der Waals surface area contributed by atoms with Crippen molar-refractivity contribution in [3.8, 4) is 0 Å². The molecule has 2 heterocycles. The van der Waals surface area contributed by atoms with E-state index in [1.54, 1.807) is 4.90 Å². The van der Waals surface area contributed by atoms with Gasteiger partial charge in [0.2, 0.25) is 0 Å². The van der Waals surface area contributed by atoms with Crippen molar-refractivity contribution in [1.29, 1.82) is 0 Å². The van der Waals surface area contributed by atoms with E-state index in [4.69, 9.17) is 10.7 Å². The quantitative estimate of drug-likeness (QED) is 0.379. The first-order valence-corrected chi connectivity index (χ1v) is 10.5. The van der Waals surface area contributed by atoms with E-state index >= 15 is 0 Å². The number of aryl methyl sites for hydroxylation is 1. The minimum atomic E-state index is -0.159. The SMILES string of the molecule is Cc1ccc2nc3sc(C(=O)N(c4ccccc4)c4ccccc4)c(N)c3cc2c1. The summed E-state index contributed by atoms with van der Waals surface area (Å²) in [5.74, 6) is -0.159. The Hall–Kier alpha value is -3.70. The predicted molar refractivity (Wildman–Crippen MR) is 126 cm³/mol. The summed E-state index contributed by atoms with van der Waals surface area (Å²) in [6, 6.07) is 27.4. The van der Waals surface area contributed by atoms with E-state index < -0.39 is 0 Å². The Morgan fingerprint density at radius 3 is 2.17 bits per heavy atom. The third-order valence-electron chi connectivity index (χ3n) is 5.09. The van der Waals surface area contributed by atoms with Gasteiger partial charge in [-0.25, -0.2) is 4.98 Å². The van der Waals surface area contributed by atoms with Crippen LogP contribution < -0.4 is 10.6 Å². The van der Waals surface area contributed by atoms with Gasteiger partial charge < -0.3 is 5.73 Å². The van der Waals surface area contributed by atoms with E-state index in [1.807, 2.05) is 85.8 Å². The average molecular weight is 410 g/mol. The fourth-order valence-corrected chi connectivity index (χ4v) is 4.64. The molecule has 0 atom stereocenters. The highest BCUT2D eigenvalue weighted by Crippen LogP contribution is 2.38. The van der Waals surface area contributed by atoms with Gasteiger partial charge in [0.05, 0.1) is 11.2 Å². The molecule has 0 aliphatic rings. The normalized spacial score (nSPS) is 11.1. The smallest absolute Gasteiger partial charge is 0.275 e. The molecule has 0 fully saturated rings. The maximum atomic E-state index is 13.7. The lowest BCUT2D eigenvalue weighted by atomic mass is 10.1. The summed E-state index contributed by atoms with van der Waals surface area (Å²) in [6.45, 7) is 2.05. The largest absolute Gasteiger partial charge is 0.397 e. The number of pyridine rings is 1. The zero-order chi connectivity index (χ0) is 20.7. The number of hydrogen-bond acceptors (Lipinski definition) is 4. The third kappa shape index (κ3) is 3.09. The molecule has 2 N–H and O–H groups in total. The Labute approximate surface area is 178 Å². The minimum Gasteiger partial charge on any atom is -0.397 e. The van der Waals surface area contributed by atoms with E-state index in [0.29, 0.717) is 10.6 Å². The van der Waals surface area contributed by atoms with Gasteiger partial charge in [0, 0.05) is 22.1 Å². The van der Waals surface area contributed by atoms with Gasteiger partial charge in [-0.15, -0.1) is 11.3 Å². The van der Waals surface area contributed by atoms with Crippen LogP contribution in [0.4, 0.5) is 17.1 Å². The molecule has 2 aromatic heterocycles. The zero-order valence-corrected chi connectivity index (χ0v) is 17.2. The number of nitrogens with zero attached hydrogens (tertiary/aromatic N) is 2. The molecule has 0 aliphatic heterocycles. The van der Waals surface area contributed by atoms with Crippen molar-refractivity contribution >= 4 is 55.4 Å². The van der Waals surface area contributed by atoms with Crippen LogP contribution in [0.25, 0.3) is 21.1 Å². The number of aromatic nitrogens is 1. The van der Waals surface area contributed by atoms with E-state index in [-0.39, 0.29) is 5.91 Å². The number of carbonyl (C=O) groups excluding carboxylic acids is 1. The summed E-state index contributed by atoms with van der Waals surface area (Å²) >= 11 is 1.34. The van der Waals surface area contributed by atoms with Gasteiger partial charge >= 0.3 is 0 Å². The van der Waals surface area contributed by atoms with Gasteiger partial charge in [0.25, 0.3) is 5.91 Å². The van der Waals surface area contributed by atoms with E-state index in [1.165, 1.54) is 11.3 Å². The minimum absolute atomic E-state index is 0.159. The van der Waals surface area contributed by atoms with Crippen LogP contribution >= 0.6 is 11.3 Å². The molecule has 146 valence electrons. The zero-order valence-electron chi connectivity index (χ0n) is 16.4. The van der Waals surface area contributed by atoms with Crippen molar-refractivity contribution in [3.63, 3.8) is 0 Å². The first-order chi connectivity index (χ1) is 14.6. The number of benzene rings is 3. The van der Waals surface area contributed by atoms with Crippen LogP contribution in [0.5, 0.6) is 0 Å². The van der Waals surface area contributed by atoms with Crippen molar-refractivity contribution < 1.29 is 4.79 Å². The molecular weight excluding hydrogens is 390 g/mol. The molecule has 0 unspecified atom stereocenters. The van der Waals surface area contributed by atoms with Crippen LogP contribution in [0, 0.1) is 6.92 Å². The van der Waals surface area contributed by atoms with E-state index in [9.17, 15) is 4.79 Å². The number of nitrogen functional groups attached to an aromatic ring is 1. The molecule has 0 saturated heterocycles. The highest BCUT2D eigenvalue weighted by atomic mass is 32.1. The maximum absolute atomic E-state index is 13.7. The van der Waals surface area contributed by atoms with Gasteiger partial charge in [0.15, 0.2) is 0 Å². The lowest BCUT2D eigenvalue weighted by molar-refractivity contribution is 0.100. The highest BCUT2D eigenvalue weighted by Gasteiger charge is 2.25. The van der Waals surface area contributed by atoms with Crippen LogP contribution in [0.2, 0.25) is 0 Å². The van der Waals surface area contributed by atoms with E-state index in [2.05, 4.69) is 6.07 Å². The summed E-state index contributed by atoms with van der Waals surface area (Å²) in [6.07, 6.45) is 0. The third-order valence-corrected chi connectivity index (χ3v) is 6.20. The van der Waals surface area contributed by atoms with Crippen molar-refractivity contribution in [2.45, 2.75) is 6.92 Å². The molecule has 4 nitrogen and oxygen atoms in total. The number of anilines is 3. The van der Waals surface area contributed by atoms with Crippen molar-refractivity contribution in [3.05, 3.63) is 95.4 Å². The summed E-state index contributed by atoms with van der Waals surface area (Å²) in [5, 5.41) is 1.84. The Bertz CT molecular complexity index is 1340. The number of hydrogen-bond donors (Lipinski definition) is 1. The highest BCUT2D eigenvalue weighted by molar-refractivity contribution is 7.21. The second-order valence-electron chi connectivity index (χ2n) is 7.19. The molecule has 0 spiro atoms. The Kier molecular flexibility index (Phi) is 4.45. The standard InChI is InChI=1S/C25H19N3OS/c1-16-12-13-21-17(14-16)15-20-22(26)23(30-24(20)27-21)25(29)28(18-8-4-2-5-9-18)19-10-6-3-7-11-19/h2-15H,26H2,1H3. The van der Waals surface area contributed by atoms with Gasteiger partial charge in [0.1, 0.15) is 9.71 Å². The van der Waals surface area contributed by atoms with Crippen molar-refractivity contribution in [1.82, 2.24) is 4.98 Å². The Morgan fingerprint density at radius 1 is 0.900 bits per heavy atom. The lowest BCUT2D eigenvalue weighted by Crippen LogP contribution is -2.25. The molecule has 5 rings (SSSR count). The lowest BCUT2D eigenvalue weighted by Gasteiger charge is -2.22. The molecule has 0 radical (unpaired) electrons. The summed E-state index contributed by atoms with van der Waals surface area (Å²) in [5.41, 5.74) is 10.6. The topological polar surface area (TPSA) is 59.2 Å². The van der Waals surface area contributed by atoms with Gasteiger partial charge in [-0.2, -0.15) is 0 Å².